The molecule has 3 rings (SSSR count). The van der Waals surface area contributed by atoms with Crippen LogP contribution < -0.4 is 14.9 Å². The summed E-state index contributed by atoms with van der Waals surface area (Å²) in [5.41, 5.74) is 1.61. The summed E-state index contributed by atoms with van der Waals surface area (Å²) in [6, 6.07) is 16.3. The van der Waals surface area contributed by atoms with Gasteiger partial charge in [0.1, 0.15) is 4.21 Å². The first kappa shape index (κ1) is 23.3. The van der Waals surface area contributed by atoms with Crippen LogP contribution in [0.3, 0.4) is 0 Å². The molecule has 0 fully saturated rings. The van der Waals surface area contributed by atoms with Gasteiger partial charge in [-0.2, -0.15) is 0 Å². The van der Waals surface area contributed by atoms with Crippen LogP contribution in [-0.4, -0.2) is 40.5 Å². The lowest BCUT2D eigenvalue weighted by Crippen LogP contribution is -2.30. The second-order valence-corrected chi connectivity index (χ2v) is 9.92. The Morgan fingerprint density at radius 2 is 1.69 bits per heavy atom. The molecule has 0 unspecified atom stereocenters. The van der Waals surface area contributed by atoms with Crippen LogP contribution in [0.2, 0.25) is 0 Å². The average Bonchev–Trinajstić information content (AvgIpc) is 3.30. The molecule has 1 heterocycles. The Balaban J connectivity index is 1.68. The van der Waals surface area contributed by atoms with Crippen LogP contribution in [0.25, 0.3) is 0 Å². The lowest BCUT2D eigenvalue weighted by Gasteiger charge is -2.16. The number of hydrogen-bond donors (Lipinski definition) is 2. The third-order valence-corrected chi connectivity index (χ3v) is 7.22. The summed E-state index contributed by atoms with van der Waals surface area (Å²) < 4.78 is 32.8. The highest BCUT2D eigenvalue weighted by atomic mass is 32.2. The zero-order valence-corrected chi connectivity index (χ0v) is 19.4. The molecule has 0 bridgehead atoms. The molecule has 2 N–H and O–H groups in total. The minimum absolute atomic E-state index is 0.00242. The molecule has 2 aromatic carbocycles. The number of carbonyl (C=O) groups excluding carboxylic acids is 2. The zero-order valence-electron chi connectivity index (χ0n) is 17.7. The molecule has 0 radical (unpaired) electrons. The maximum absolute atomic E-state index is 12.7. The van der Waals surface area contributed by atoms with Gasteiger partial charge in [-0.05, 0) is 54.8 Å². The van der Waals surface area contributed by atoms with Crippen LogP contribution in [0.4, 0.5) is 17.1 Å². The molecule has 1 aromatic heterocycles. The van der Waals surface area contributed by atoms with E-state index in [0.29, 0.717) is 5.69 Å². The Labute approximate surface area is 190 Å². The van der Waals surface area contributed by atoms with E-state index in [1.165, 1.54) is 25.1 Å². The fourth-order valence-corrected chi connectivity index (χ4v) is 4.80. The molecule has 1 amide bonds. The monoisotopic (exact) mass is 473 g/mol. The molecule has 0 aliphatic heterocycles. The van der Waals surface area contributed by atoms with E-state index < -0.39 is 28.0 Å². The molecule has 3 aromatic rings. The van der Waals surface area contributed by atoms with Crippen molar-refractivity contribution in [2.24, 2.45) is 0 Å². The summed E-state index contributed by atoms with van der Waals surface area (Å²) in [6.45, 7) is 1.44. The van der Waals surface area contributed by atoms with Crippen molar-refractivity contribution >= 4 is 50.3 Å². The molecule has 0 spiro atoms. The predicted octanol–water partition coefficient (Wildman–Crippen LogP) is 3.80. The van der Waals surface area contributed by atoms with E-state index in [-0.39, 0.29) is 15.5 Å². The van der Waals surface area contributed by atoms with Gasteiger partial charge in [0.2, 0.25) is 0 Å². The Kier molecular flexibility index (Phi) is 7.16. The number of hydrogen-bond acceptors (Lipinski definition) is 7. The third-order valence-electron chi connectivity index (χ3n) is 4.46. The van der Waals surface area contributed by atoms with Gasteiger partial charge in [-0.1, -0.05) is 18.2 Å². The molecular formula is C22H23N3O5S2. The van der Waals surface area contributed by atoms with Crippen LogP contribution in [0.5, 0.6) is 0 Å². The van der Waals surface area contributed by atoms with Gasteiger partial charge in [-0.25, -0.2) is 13.2 Å². The van der Waals surface area contributed by atoms with E-state index in [4.69, 9.17) is 4.74 Å². The maximum Gasteiger partial charge on any atom is 0.341 e. The number of para-hydroxylation sites is 1. The van der Waals surface area contributed by atoms with Crippen molar-refractivity contribution in [3.63, 3.8) is 0 Å². The number of anilines is 3. The van der Waals surface area contributed by atoms with Gasteiger partial charge in [-0.15, -0.1) is 11.3 Å². The first-order valence-corrected chi connectivity index (χ1v) is 12.0. The predicted molar refractivity (Wildman–Crippen MR) is 126 cm³/mol. The van der Waals surface area contributed by atoms with E-state index in [2.05, 4.69) is 10.0 Å². The molecule has 1 atom stereocenters. The zero-order chi connectivity index (χ0) is 23.3. The summed E-state index contributed by atoms with van der Waals surface area (Å²) in [4.78, 5) is 27.1. The Morgan fingerprint density at radius 3 is 2.31 bits per heavy atom. The molecule has 32 heavy (non-hydrogen) atoms. The number of amides is 1. The average molecular weight is 474 g/mol. The second kappa shape index (κ2) is 9.84. The minimum Gasteiger partial charge on any atom is -0.449 e. The lowest BCUT2D eigenvalue weighted by atomic mass is 10.2. The van der Waals surface area contributed by atoms with Crippen LogP contribution in [0, 0.1) is 0 Å². The van der Waals surface area contributed by atoms with Gasteiger partial charge in [0.25, 0.3) is 15.9 Å². The second-order valence-electron chi connectivity index (χ2n) is 7.06. The molecule has 0 aliphatic rings. The Hall–Kier alpha value is -3.37. The van der Waals surface area contributed by atoms with Gasteiger partial charge < -0.3 is 15.0 Å². The van der Waals surface area contributed by atoms with Crippen LogP contribution in [0.1, 0.15) is 17.3 Å². The van der Waals surface area contributed by atoms with Crippen molar-refractivity contribution in [3.05, 3.63) is 71.6 Å². The van der Waals surface area contributed by atoms with Crippen molar-refractivity contribution in [2.75, 3.05) is 29.0 Å². The lowest BCUT2D eigenvalue weighted by molar-refractivity contribution is -0.123. The number of thiophene rings is 1. The van der Waals surface area contributed by atoms with Crippen LogP contribution in [0.15, 0.2) is 70.3 Å². The van der Waals surface area contributed by atoms with Gasteiger partial charge in [0, 0.05) is 25.5 Å². The number of nitrogens with zero attached hydrogens (tertiary/aromatic N) is 1. The van der Waals surface area contributed by atoms with Crippen molar-refractivity contribution in [1.82, 2.24) is 0 Å². The molecule has 168 valence electrons. The number of nitrogens with one attached hydrogen (secondary N) is 2. The standard InChI is InChI=1S/C22H23N3O5S2/c1-15(21(26)23-16-10-12-17(13-11-16)25(2)3)30-22(27)18-7-4-5-8-19(18)24-32(28,29)20-9-6-14-31-20/h4-15,24H,1-3H3,(H,23,26)/t15-/m0/s1. The number of benzene rings is 2. The first-order valence-electron chi connectivity index (χ1n) is 9.62. The summed E-state index contributed by atoms with van der Waals surface area (Å²) in [5.74, 6) is -1.33. The number of ether oxygens (including phenoxy) is 1. The highest BCUT2D eigenvalue weighted by molar-refractivity contribution is 7.94. The largest absolute Gasteiger partial charge is 0.449 e. The SMILES string of the molecule is C[C@H](OC(=O)c1ccccc1NS(=O)(=O)c1cccs1)C(=O)Nc1ccc(N(C)C)cc1. The van der Waals surface area contributed by atoms with Gasteiger partial charge in [0.05, 0.1) is 11.3 Å². The fourth-order valence-electron chi connectivity index (χ4n) is 2.73. The molecule has 0 saturated heterocycles. The maximum atomic E-state index is 12.7. The number of esters is 1. The van der Waals surface area contributed by atoms with E-state index in [9.17, 15) is 18.0 Å². The van der Waals surface area contributed by atoms with E-state index in [0.717, 1.165) is 17.0 Å². The van der Waals surface area contributed by atoms with Crippen LogP contribution >= 0.6 is 11.3 Å². The summed E-state index contributed by atoms with van der Waals surface area (Å²) in [6.07, 6.45) is -1.10. The summed E-state index contributed by atoms with van der Waals surface area (Å²) in [5, 5.41) is 4.33. The molecule has 0 aliphatic carbocycles. The summed E-state index contributed by atoms with van der Waals surface area (Å²) >= 11 is 1.06. The highest BCUT2D eigenvalue weighted by Gasteiger charge is 2.23. The highest BCUT2D eigenvalue weighted by Crippen LogP contribution is 2.24. The quantitative estimate of drug-likeness (QED) is 0.482. The number of rotatable bonds is 8. The van der Waals surface area contributed by atoms with Crippen molar-refractivity contribution in [2.45, 2.75) is 17.2 Å². The van der Waals surface area contributed by atoms with E-state index >= 15 is 0 Å². The van der Waals surface area contributed by atoms with Crippen molar-refractivity contribution < 1.29 is 22.7 Å². The van der Waals surface area contributed by atoms with Gasteiger partial charge in [-0.3, -0.25) is 9.52 Å². The minimum atomic E-state index is -3.84. The van der Waals surface area contributed by atoms with Crippen molar-refractivity contribution in [1.29, 1.82) is 0 Å². The van der Waals surface area contributed by atoms with Gasteiger partial charge in [0.15, 0.2) is 6.10 Å². The Bertz CT molecular complexity index is 1190. The van der Waals surface area contributed by atoms with Gasteiger partial charge >= 0.3 is 5.97 Å². The number of sulfonamides is 1. The first-order chi connectivity index (χ1) is 15.2. The van der Waals surface area contributed by atoms with Crippen LogP contribution in [-0.2, 0) is 19.6 Å². The fraction of sp³-hybridized carbons (Fsp3) is 0.182. The molecule has 10 heteroatoms. The summed E-state index contributed by atoms with van der Waals surface area (Å²) in [7, 11) is -0.0228. The van der Waals surface area contributed by atoms with E-state index in [1.807, 2.05) is 31.1 Å². The van der Waals surface area contributed by atoms with Crippen molar-refractivity contribution in [3.8, 4) is 0 Å². The molecular weight excluding hydrogens is 450 g/mol. The van der Waals surface area contributed by atoms with E-state index in [1.54, 1.807) is 35.7 Å². The third kappa shape index (κ3) is 5.65. The number of carbonyl (C=O) groups is 2. The molecule has 8 nitrogen and oxygen atoms in total. The molecule has 0 saturated carbocycles. The Morgan fingerprint density at radius 1 is 1.00 bits per heavy atom. The smallest absolute Gasteiger partial charge is 0.341 e. The topological polar surface area (TPSA) is 105 Å². The normalized spacial score (nSPS) is 12.0.